The van der Waals surface area contributed by atoms with Crippen LogP contribution in [0.3, 0.4) is 0 Å². The van der Waals surface area contributed by atoms with Crippen molar-refractivity contribution in [1.82, 2.24) is 5.32 Å². The van der Waals surface area contributed by atoms with Crippen LogP contribution in [0.4, 0.5) is 0 Å². The van der Waals surface area contributed by atoms with E-state index in [2.05, 4.69) is 37.4 Å². The standard InChI is InChI=1S/C23H27NO4/c1-16-12-17(2)14-19(13-16)23(9-10-23)22(27)24-15-18-5-7-20(8-6-18)28-11-3-4-21(25)26/h5-8,12-14H,3-4,9-11,15H2,1-2H3,(H,24,27)(H,25,26). The summed E-state index contributed by atoms with van der Waals surface area (Å²) in [6.07, 6.45) is 2.37. The third kappa shape index (κ3) is 4.91. The fourth-order valence-electron chi connectivity index (χ4n) is 3.49. The van der Waals surface area contributed by atoms with Crippen molar-refractivity contribution in [2.45, 2.75) is 51.5 Å². The molecule has 5 nitrogen and oxygen atoms in total. The molecule has 0 saturated heterocycles. The highest BCUT2D eigenvalue weighted by molar-refractivity contribution is 5.91. The van der Waals surface area contributed by atoms with Crippen LogP contribution in [0, 0.1) is 13.8 Å². The molecule has 0 spiro atoms. The SMILES string of the molecule is Cc1cc(C)cc(C2(C(=O)NCc3ccc(OCCCC(=O)O)cc3)CC2)c1. The second kappa shape index (κ2) is 8.46. The van der Waals surface area contributed by atoms with Crippen LogP contribution in [-0.2, 0) is 21.5 Å². The fourth-order valence-corrected chi connectivity index (χ4v) is 3.49. The number of aryl methyl sites for hydroxylation is 2. The molecule has 5 heteroatoms. The van der Waals surface area contributed by atoms with Gasteiger partial charge in [-0.1, -0.05) is 41.5 Å². The van der Waals surface area contributed by atoms with Gasteiger partial charge in [-0.2, -0.15) is 0 Å². The minimum absolute atomic E-state index is 0.0893. The van der Waals surface area contributed by atoms with Crippen molar-refractivity contribution < 1.29 is 19.4 Å². The van der Waals surface area contributed by atoms with E-state index >= 15 is 0 Å². The molecule has 1 fully saturated rings. The third-order valence-electron chi connectivity index (χ3n) is 5.14. The first kappa shape index (κ1) is 19.9. The molecule has 3 rings (SSSR count). The smallest absolute Gasteiger partial charge is 0.303 e. The average molecular weight is 381 g/mol. The molecule has 2 aromatic carbocycles. The first-order valence-electron chi connectivity index (χ1n) is 9.70. The first-order chi connectivity index (χ1) is 13.4. The molecule has 0 radical (unpaired) electrons. The van der Waals surface area contributed by atoms with Gasteiger partial charge < -0.3 is 15.2 Å². The summed E-state index contributed by atoms with van der Waals surface area (Å²) < 4.78 is 5.53. The molecule has 0 aromatic heterocycles. The van der Waals surface area contributed by atoms with Gasteiger partial charge in [-0.25, -0.2) is 0 Å². The van der Waals surface area contributed by atoms with Crippen LogP contribution in [0.5, 0.6) is 5.75 Å². The Bertz CT molecular complexity index is 833. The number of carboxylic acid groups (broad SMARTS) is 1. The molecule has 2 aromatic rings. The number of hydrogen-bond acceptors (Lipinski definition) is 3. The zero-order valence-electron chi connectivity index (χ0n) is 16.5. The predicted molar refractivity (Wildman–Crippen MR) is 107 cm³/mol. The Labute approximate surface area is 165 Å². The molecule has 1 aliphatic rings. The van der Waals surface area contributed by atoms with Crippen molar-refractivity contribution in [3.8, 4) is 5.75 Å². The van der Waals surface area contributed by atoms with Crippen LogP contribution < -0.4 is 10.1 Å². The van der Waals surface area contributed by atoms with Crippen LogP contribution in [0.15, 0.2) is 42.5 Å². The molecule has 1 aliphatic carbocycles. The summed E-state index contributed by atoms with van der Waals surface area (Å²) in [5.41, 5.74) is 4.13. The number of carboxylic acids is 1. The minimum atomic E-state index is -0.816. The van der Waals surface area contributed by atoms with E-state index in [4.69, 9.17) is 9.84 Å². The van der Waals surface area contributed by atoms with E-state index in [0.29, 0.717) is 25.3 Å². The Morgan fingerprint density at radius 2 is 1.71 bits per heavy atom. The molecule has 0 heterocycles. The van der Waals surface area contributed by atoms with Crippen molar-refractivity contribution in [2.24, 2.45) is 0 Å². The molecule has 0 bridgehead atoms. The second-order valence-electron chi connectivity index (χ2n) is 7.63. The largest absolute Gasteiger partial charge is 0.494 e. The number of carbonyl (C=O) groups excluding carboxylic acids is 1. The van der Waals surface area contributed by atoms with E-state index in [1.165, 1.54) is 11.1 Å². The normalized spacial score (nSPS) is 14.4. The fraction of sp³-hybridized carbons (Fsp3) is 0.391. The lowest BCUT2D eigenvalue weighted by Crippen LogP contribution is -2.34. The van der Waals surface area contributed by atoms with Gasteiger partial charge in [0.15, 0.2) is 0 Å². The highest BCUT2D eigenvalue weighted by Gasteiger charge is 2.51. The lowest BCUT2D eigenvalue weighted by Gasteiger charge is -2.17. The first-order valence-corrected chi connectivity index (χ1v) is 9.70. The second-order valence-corrected chi connectivity index (χ2v) is 7.63. The molecule has 2 N–H and O–H groups in total. The molecular formula is C23H27NO4. The summed E-state index contributed by atoms with van der Waals surface area (Å²) in [6, 6.07) is 13.9. The maximum absolute atomic E-state index is 12.8. The van der Waals surface area contributed by atoms with Gasteiger partial charge >= 0.3 is 5.97 Å². The van der Waals surface area contributed by atoms with Crippen molar-refractivity contribution in [1.29, 1.82) is 0 Å². The van der Waals surface area contributed by atoms with E-state index in [-0.39, 0.29) is 17.7 Å². The lowest BCUT2D eigenvalue weighted by molar-refractivity contribution is -0.137. The van der Waals surface area contributed by atoms with Crippen LogP contribution in [0.2, 0.25) is 0 Å². The van der Waals surface area contributed by atoms with Gasteiger partial charge in [0, 0.05) is 13.0 Å². The Hall–Kier alpha value is -2.82. The summed E-state index contributed by atoms with van der Waals surface area (Å²) in [5.74, 6) is -0.0233. The molecule has 0 atom stereocenters. The number of aliphatic carboxylic acids is 1. The van der Waals surface area contributed by atoms with E-state index in [0.717, 1.165) is 24.0 Å². The predicted octanol–water partition coefficient (Wildman–Crippen LogP) is 3.90. The van der Waals surface area contributed by atoms with Gasteiger partial charge in [0.05, 0.1) is 12.0 Å². The van der Waals surface area contributed by atoms with Crippen LogP contribution in [-0.4, -0.2) is 23.6 Å². The highest BCUT2D eigenvalue weighted by atomic mass is 16.5. The van der Waals surface area contributed by atoms with Crippen LogP contribution in [0.1, 0.15) is 47.9 Å². The maximum Gasteiger partial charge on any atom is 0.303 e. The molecule has 1 saturated carbocycles. The highest BCUT2D eigenvalue weighted by Crippen LogP contribution is 2.48. The number of amides is 1. The Balaban J connectivity index is 1.52. The van der Waals surface area contributed by atoms with E-state index in [9.17, 15) is 9.59 Å². The van der Waals surface area contributed by atoms with Gasteiger partial charge in [-0.15, -0.1) is 0 Å². The molecule has 1 amide bonds. The van der Waals surface area contributed by atoms with E-state index < -0.39 is 5.97 Å². The zero-order valence-corrected chi connectivity index (χ0v) is 16.5. The van der Waals surface area contributed by atoms with Gasteiger partial charge in [-0.3, -0.25) is 9.59 Å². The van der Waals surface area contributed by atoms with E-state index in [1.807, 2.05) is 24.3 Å². The van der Waals surface area contributed by atoms with Crippen LogP contribution >= 0.6 is 0 Å². The van der Waals surface area contributed by atoms with Crippen molar-refractivity contribution in [2.75, 3.05) is 6.61 Å². The van der Waals surface area contributed by atoms with Gasteiger partial charge in [-0.05, 0) is 56.4 Å². The van der Waals surface area contributed by atoms with Gasteiger partial charge in [0.1, 0.15) is 5.75 Å². The van der Waals surface area contributed by atoms with E-state index in [1.54, 1.807) is 0 Å². The Morgan fingerprint density at radius 1 is 1.07 bits per heavy atom. The number of carbonyl (C=O) groups is 2. The van der Waals surface area contributed by atoms with Crippen LogP contribution in [0.25, 0.3) is 0 Å². The van der Waals surface area contributed by atoms with Crippen molar-refractivity contribution >= 4 is 11.9 Å². The maximum atomic E-state index is 12.8. The quantitative estimate of drug-likeness (QED) is 0.646. The number of nitrogens with one attached hydrogen (secondary N) is 1. The summed E-state index contributed by atoms with van der Waals surface area (Å²) in [6.45, 7) is 4.98. The summed E-state index contributed by atoms with van der Waals surface area (Å²) in [5, 5.41) is 11.7. The number of benzene rings is 2. The molecule has 0 aliphatic heterocycles. The molecule has 28 heavy (non-hydrogen) atoms. The summed E-state index contributed by atoms with van der Waals surface area (Å²) >= 11 is 0. The third-order valence-corrected chi connectivity index (χ3v) is 5.14. The molecular weight excluding hydrogens is 354 g/mol. The van der Waals surface area contributed by atoms with Gasteiger partial charge in [0.25, 0.3) is 0 Å². The zero-order chi connectivity index (χ0) is 20.1. The number of hydrogen-bond donors (Lipinski definition) is 2. The minimum Gasteiger partial charge on any atom is -0.494 e. The molecule has 0 unspecified atom stereocenters. The topological polar surface area (TPSA) is 75.6 Å². The Kier molecular flexibility index (Phi) is 6.02. The van der Waals surface area contributed by atoms with Crippen molar-refractivity contribution in [3.63, 3.8) is 0 Å². The van der Waals surface area contributed by atoms with Crippen molar-refractivity contribution in [3.05, 3.63) is 64.7 Å². The number of rotatable bonds is 9. The average Bonchev–Trinajstić information content (AvgIpc) is 3.45. The monoisotopic (exact) mass is 381 g/mol. The Morgan fingerprint density at radius 3 is 2.29 bits per heavy atom. The molecule has 148 valence electrons. The lowest BCUT2D eigenvalue weighted by atomic mass is 9.92. The number of ether oxygens (including phenoxy) is 1. The van der Waals surface area contributed by atoms with Gasteiger partial charge in [0.2, 0.25) is 5.91 Å². The summed E-state index contributed by atoms with van der Waals surface area (Å²) in [7, 11) is 0. The summed E-state index contributed by atoms with van der Waals surface area (Å²) in [4.78, 5) is 23.3.